The first-order valence-electron chi connectivity index (χ1n) is 8.60. The van der Waals surface area contributed by atoms with Gasteiger partial charge in [0.25, 0.3) is 0 Å². The van der Waals surface area contributed by atoms with Crippen LogP contribution in [0.2, 0.25) is 0 Å². The largest absolute Gasteiger partial charge is 0.494 e. The van der Waals surface area contributed by atoms with Crippen LogP contribution >= 0.6 is 0 Å². The van der Waals surface area contributed by atoms with Gasteiger partial charge in [0.15, 0.2) is 0 Å². The van der Waals surface area contributed by atoms with Gasteiger partial charge in [0.2, 0.25) is 0 Å². The Labute approximate surface area is 153 Å². The number of aromatic nitrogens is 1. The molecule has 0 saturated heterocycles. The highest BCUT2D eigenvalue weighted by Gasteiger charge is 2.09. The van der Waals surface area contributed by atoms with E-state index in [2.05, 4.69) is 11.1 Å². The molecule has 5 heteroatoms. The number of benzene rings is 2. The van der Waals surface area contributed by atoms with E-state index in [-0.39, 0.29) is 6.10 Å². The van der Waals surface area contributed by atoms with Gasteiger partial charge >= 0.3 is 0 Å². The lowest BCUT2D eigenvalue weighted by Crippen LogP contribution is -2.13. The number of rotatable bonds is 7. The van der Waals surface area contributed by atoms with E-state index in [0.29, 0.717) is 23.7 Å². The molecule has 0 bridgehead atoms. The van der Waals surface area contributed by atoms with Crippen LogP contribution in [-0.2, 0) is 0 Å². The molecule has 0 aliphatic carbocycles. The second kappa shape index (κ2) is 8.21. The number of fused-ring (bicyclic) bond motifs is 1. The molecule has 0 saturated carbocycles. The minimum Gasteiger partial charge on any atom is -0.494 e. The van der Waals surface area contributed by atoms with Gasteiger partial charge in [-0.2, -0.15) is 5.26 Å². The molecule has 5 nitrogen and oxygen atoms in total. The van der Waals surface area contributed by atoms with Crippen molar-refractivity contribution in [3.8, 4) is 17.6 Å². The number of para-hydroxylation sites is 1. The van der Waals surface area contributed by atoms with Gasteiger partial charge in [-0.05, 0) is 56.2 Å². The van der Waals surface area contributed by atoms with Gasteiger partial charge in [-0.15, -0.1) is 0 Å². The summed E-state index contributed by atoms with van der Waals surface area (Å²) in [6.45, 7) is 2.60. The van der Waals surface area contributed by atoms with E-state index in [1.165, 1.54) is 0 Å². The number of nitrogen functional groups attached to an aromatic ring is 1. The molecule has 0 radical (unpaired) electrons. The molecule has 1 atom stereocenters. The van der Waals surface area contributed by atoms with E-state index in [9.17, 15) is 0 Å². The van der Waals surface area contributed by atoms with Crippen LogP contribution in [0, 0.1) is 11.3 Å². The van der Waals surface area contributed by atoms with Crippen LogP contribution in [0.25, 0.3) is 10.9 Å². The lowest BCUT2D eigenvalue weighted by atomic mass is 10.2. The van der Waals surface area contributed by atoms with Gasteiger partial charge in [-0.3, -0.25) is 0 Å². The number of ether oxygens (including phenoxy) is 2. The number of nitrogens with zero attached hydrogens (tertiary/aromatic N) is 2. The predicted molar refractivity (Wildman–Crippen MR) is 102 cm³/mol. The summed E-state index contributed by atoms with van der Waals surface area (Å²) in [6.07, 6.45) is 1.72. The van der Waals surface area contributed by atoms with Crippen LogP contribution in [0.3, 0.4) is 0 Å². The smallest absolute Gasteiger partial charge is 0.146 e. The Morgan fingerprint density at radius 2 is 2.00 bits per heavy atom. The van der Waals surface area contributed by atoms with Crippen molar-refractivity contribution < 1.29 is 9.47 Å². The van der Waals surface area contributed by atoms with Crippen LogP contribution in [-0.4, -0.2) is 17.7 Å². The molecule has 3 rings (SSSR count). The van der Waals surface area contributed by atoms with Crippen LogP contribution in [0.5, 0.6) is 11.5 Å². The van der Waals surface area contributed by atoms with Gasteiger partial charge in [-0.25, -0.2) is 4.98 Å². The zero-order valence-corrected chi connectivity index (χ0v) is 14.7. The van der Waals surface area contributed by atoms with Crippen molar-refractivity contribution in [3.05, 3.63) is 60.2 Å². The number of anilines is 1. The first-order chi connectivity index (χ1) is 12.7. The van der Waals surface area contributed by atoms with Crippen LogP contribution in [0.4, 0.5) is 5.82 Å². The summed E-state index contributed by atoms with van der Waals surface area (Å²) in [5, 5.41) is 9.91. The SMILES string of the molecule is CC(CCCOc1cccc(C#N)c1)Oc1cccc2ccc(N)nc12. The molecule has 0 aliphatic rings. The monoisotopic (exact) mass is 347 g/mol. The fourth-order valence-corrected chi connectivity index (χ4v) is 2.72. The van der Waals surface area contributed by atoms with Crippen molar-refractivity contribution in [1.29, 1.82) is 5.26 Å². The second-order valence-corrected chi connectivity index (χ2v) is 6.12. The molecule has 0 aliphatic heterocycles. The maximum atomic E-state index is 8.90. The highest BCUT2D eigenvalue weighted by Crippen LogP contribution is 2.26. The first-order valence-corrected chi connectivity index (χ1v) is 8.60. The Balaban J connectivity index is 1.52. The maximum Gasteiger partial charge on any atom is 0.146 e. The summed E-state index contributed by atoms with van der Waals surface area (Å²) >= 11 is 0. The summed E-state index contributed by atoms with van der Waals surface area (Å²) in [7, 11) is 0. The molecule has 2 aromatic carbocycles. The molecule has 0 fully saturated rings. The quantitative estimate of drug-likeness (QED) is 0.644. The Bertz CT molecular complexity index is 934. The fraction of sp³-hybridized carbons (Fsp3) is 0.238. The van der Waals surface area contributed by atoms with Crippen LogP contribution in [0.15, 0.2) is 54.6 Å². The van der Waals surface area contributed by atoms with E-state index in [4.69, 9.17) is 20.5 Å². The van der Waals surface area contributed by atoms with E-state index < -0.39 is 0 Å². The molecule has 1 heterocycles. The van der Waals surface area contributed by atoms with Gasteiger partial charge in [0.05, 0.1) is 24.3 Å². The summed E-state index contributed by atoms with van der Waals surface area (Å²) in [4.78, 5) is 4.38. The molecule has 2 N–H and O–H groups in total. The van der Waals surface area contributed by atoms with E-state index in [0.717, 1.165) is 29.5 Å². The molecule has 1 unspecified atom stereocenters. The minimum absolute atomic E-state index is 0.0258. The number of pyridine rings is 1. The summed E-state index contributed by atoms with van der Waals surface area (Å²) < 4.78 is 11.8. The predicted octanol–water partition coefficient (Wildman–Crippen LogP) is 4.32. The average molecular weight is 347 g/mol. The van der Waals surface area contributed by atoms with E-state index in [1.54, 1.807) is 18.2 Å². The second-order valence-electron chi connectivity index (χ2n) is 6.12. The van der Waals surface area contributed by atoms with Crippen molar-refractivity contribution >= 4 is 16.7 Å². The summed E-state index contributed by atoms with van der Waals surface area (Å²) in [5.41, 5.74) is 7.17. The molecule has 26 heavy (non-hydrogen) atoms. The average Bonchev–Trinajstić information content (AvgIpc) is 2.66. The molecular formula is C21H21N3O2. The Kier molecular flexibility index (Phi) is 5.55. The van der Waals surface area contributed by atoms with Gasteiger partial charge in [0.1, 0.15) is 22.8 Å². The van der Waals surface area contributed by atoms with Crippen molar-refractivity contribution in [2.24, 2.45) is 0 Å². The Morgan fingerprint density at radius 3 is 2.85 bits per heavy atom. The topological polar surface area (TPSA) is 81.2 Å². The number of hydrogen-bond donors (Lipinski definition) is 1. The highest BCUT2D eigenvalue weighted by molar-refractivity contribution is 5.85. The lowest BCUT2D eigenvalue weighted by molar-refractivity contribution is 0.195. The van der Waals surface area contributed by atoms with E-state index >= 15 is 0 Å². The maximum absolute atomic E-state index is 8.90. The third-order valence-electron chi connectivity index (χ3n) is 4.02. The number of hydrogen-bond acceptors (Lipinski definition) is 5. The Hall–Kier alpha value is -3.26. The summed E-state index contributed by atoms with van der Waals surface area (Å²) in [6, 6.07) is 18.9. The number of nitrogens with two attached hydrogens (primary N) is 1. The summed E-state index contributed by atoms with van der Waals surface area (Å²) in [5.74, 6) is 1.94. The normalized spacial score (nSPS) is 11.7. The van der Waals surface area contributed by atoms with E-state index in [1.807, 2.05) is 43.3 Å². The first kappa shape index (κ1) is 17.6. The standard InChI is InChI=1S/C21H21N3O2/c1-15(5-4-12-25-18-8-2-6-16(13-18)14-22)26-19-9-3-7-17-10-11-20(23)24-21(17)19/h2-3,6-11,13,15H,4-5,12H2,1H3,(H2,23,24). The van der Waals surface area contributed by atoms with Crippen molar-refractivity contribution in [2.75, 3.05) is 12.3 Å². The lowest BCUT2D eigenvalue weighted by Gasteiger charge is -2.16. The van der Waals surface area contributed by atoms with Gasteiger partial charge < -0.3 is 15.2 Å². The molecule has 1 aromatic heterocycles. The zero-order valence-electron chi connectivity index (χ0n) is 14.7. The van der Waals surface area contributed by atoms with Crippen molar-refractivity contribution in [1.82, 2.24) is 4.98 Å². The molecule has 132 valence electrons. The van der Waals surface area contributed by atoms with Gasteiger partial charge in [-0.1, -0.05) is 18.2 Å². The third kappa shape index (κ3) is 4.42. The fourth-order valence-electron chi connectivity index (χ4n) is 2.72. The van der Waals surface area contributed by atoms with Crippen LogP contribution < -0.4 is 15.2 Å². The van der Waals surface area contributed by atoms with Gasteiger partial charge in [0, 0.05) is 5.39 Å². The molecular weight excluding hydrogens is 326 g/mol. The highest BCUT2D eigenvalue weighted by atomic mass is 16.5. The van der Waals surface area contributed by atoms with Crippen LogP contribution in [0.1, 0.15) is 25.3 Å². The minimum atomic E-state index is 0.0258. The number of nitriles is 1. The zero-order chi connectivity index (χ0) is 18.4. The molecule has 0 spiro atoms. The molecule has 3 aromatic rings. The Morgan fingerprint density at radius 1 is 1.15 bits per heavy atom. The molecule has 0 amide bonds. The van der Waals surface area contributed by atoms with Crippen molar-refractivity contribution in [3.63, 3.8) is 0 Å². The van der Waals surface area contributed by atoms with Crippen molar-refractivity contribution in [2.45, 2.75) is 25.9 Å². The third-order valence-corrected chi connectivity index (χ3v) is 4.02.